The van der Waals surface area contributed by atoms with Gasteiger partial charge in [-0.3, -0.25) is 19.2 Å². The molecule has 2 rings (SSSR count). The second-order valence-electron chi connectivity index (χ2n) is 5.71. The van der Waals surface area contributed by atoms with Crippen LogP contribution in [-0.2, 0) is 5.41 Å². The largest absolute Gasteiger partial charge is 0.298 e. The van der Waals surface area contributed by atoms with E-state index < -0.39 is 5.41 Å². The number of aldehydes is 4. The number of benzene rings is 2. The highest BCUT2D eigenvalue weighted by molar-refractivity contribution is 5.94. The SMILES string of the molecule is CC(C)(c1cccc(C=O)c1C=O)c1cccc(C=O)c1C=O. The maximum Gasteiger partial charge on any atom is 0.151 e. The van der Waals surface area contributed by atoms with Crippen LogP contribution in [0, 0.1) is 0 Å². The molecule has 0 aliphatic rings. The molecule has 0 N–H and O–H groups in total. The highest BCUT2D eigenvalue weighted by Gasteiger charge is 2.29. The van der Waals surface area contributed by atoms with Crippen molar-refractivity contribution in [1.29, 1.82) is 0 Å². The summed E-state index contributed by atoms with van der Waals surface area (Å²) in [5, 5.41) is 0. The van der Waals surface area contributed by atoms with Gasteiger partial charge in [0.15, 0.2) is 25.1 Å². The third-order valence-corrected chi connectivity index (χ3v) is 4.12. The minimum Gasteiger partial charge on any atom is -0.298 e. The summed E-state index contributed by atoms with van der Waals surface area (Å²) in [5.41, 5.74) is 1.70. The molecule has 0 amide bonds. The summed E-state index contributed by atoms with van der Waals surface area (Å²) in [5.74, 6) is 0. The van der Waals surface area contributed by atoms with Gasteiger partial charge in [0.25, 0.3) is 0 Å². The van der Waals surface area contributed by atoms with Crippen LogP contribution in [0.25, 0.3) is 0 Å². The van der Waals surface area contributed by atoms with Gasteiger partial charge in [-0.2, -0.15) is 0 Å². The van der Waals surface area contributed by atoms with Crippen molar-refractivity contribution in [3.8, 4) is 0 Å². The van der Waals surface area contributed by atoms with Crippen LogP contribution in [0.4, 0.5) is 0 Å². The molecular weight excluding hydrogens is 292 g/mol. The summed E-state index contributed by atoms with van der Waals surface area (Å²) in [7, 11) is 0. The van der Waals surface area contributed by atoms with Crippen LogP contribution in [0.3, 0.4) is 0 Å². The Hall–Kier alpha value is -2.88. The van der Waals surface area contributed by atoms with E-state index in [-0.39, 0.29) is 0 Å². The lowest BCUT2D eigenvalue weighted by molar-refractivity contribution is 0.109. The molecule has 0 fully saturated rings. The van der Waals surface area contributed by atoms with Gasteiger partial charge in [-0.15, -0.1) is 0 Å². The maximum absolute atomic E-state index is 11.5. The van der Waals surface area contributed by atoms with Crippen LogP contribution < -0.4 is 0 Å². The van der Waals surface area contributed by atoms with Gasteiger partial charge in [-0.05, 0) is 11.1 Å². The van der Waals surface area contributed by atoms with Gasteiger partial charge >= 0.3 is 0 Å². The Morgan fingerprint density at radius 2 is 1.04 bits per heavy atom. The van der Waals surface area contributed by atoms with E-state index in [0.717, 1.165) is 0 Å². The van der Waals surface area contributed by atoms with Crippen molar-refractivity contribution in [2.24, 2.45) is 0 Å². The molecule has 0 unspecified atom stereocenters. The summed E-state index contributed by atoms with van der Waals surface area (Å²) >= 11 is 0. The molecule has 0 saturated carbocycles. The molecule has 0 saturated heterocycles. The number of hydrogen-bond donors (Lipinski definition) is 0. The molecule has 4 nitrogen and oxygen atoms in total. The van der Waals surface area contributed by atoms with Crippen molar-refractivity contribution in [3.63, 3.8) is 0 Å². The molecular formula is C19H16O4. The predicted molar refractivity (Wildman–Crippen MR) is 86.6 cm³/mol. The maximum atomic E-state index is 11.5. The van der Waals surface area contributed by atoms with Crippen molar-refractivity contribution in [1.82, 2.24) is 0 Å². The molecule has 0 atom stereocenters. The third kappa shape index (κ3) is 2.75. The molecule has 0 radical (unpaired) electrons. The lowest BCUT2D eigenvalue weighted by Gasteiger charge is -2.29. The normalized spacial score (nSPS) is 10.9. The zero-order chi connectivity index (χ0) is 17.0. The van der Waals surface area contributed by atoms with Crippen molar-refractivity contribution in [2.45, 2.75) is 19.3 Å². The van der Waals surface area contributed by atoms with Crippen LogP contribution in [0.5, 0.6) is 0 Å². The number of carbonyl (C=O) groups is 4. The Kier molecular flexibility index (Phi) is 4.65. The highest BCUT2D eigenvalue weighted by atomic mass is 16.1. The van der Waals surface area contributed by atoms with Crippen LogP contribution in [0.2, 0.25) is 0 Å². The molecule has 0 aliphatic heterocycles. The monoisotopic (exact) mass is 308 g/mol. The first-order valence-electron chi connectivity index (χ1n) is 7.09. The fraction of sp³-hybridized carbons (Fsp3) is 0.158. The van der Waals surface area contributed by atoms with Crippen molar-refractivity contribution in [3.05, 3.63) is 69.8 Å². The Balaban J connectivity index is 2.78. The standard InChI is InChI=1S/C19H16O4/c1-19(2,17-7-3-5-13(9-20)15(17)11-22)18-8-4-6-14(10-21)16(18)12-23/h3-12H,1-2H3. The van der Waals surface area contributed by atoms with Crippen LogP contribution >= 0.6 is 0 Å². The van der Waals surface area contributed by atoms with Gasteiger partial charge < -0.3 is 0 Å². The van der Waals surface area contributed by atoms with E-state index >= 15 is 0 Å². The minimum atomic E-state index is -0.732. The van der Waals surface area contributed by atoms with E-state index in [2.05, 4.69) is 0 Å². The first-order valence-corrected chi connectivity index (χ1v) is 7.09. The zero-order valence-electron chi connectivity index (χ0n) is 12.9. The fourth-order valence-corrected chi connectivity index (χ4v) is 2.87. The molecule has 2 aromatic carbocycles. The molecule has 0 aromatic heterocycles. The number of rotatable bonds is 6. The highest BCUT2D eigenvalue weighted by Crippen LogP contribution is 2.36. The summed E-state index contributed by atoms with van der Waals surface area (Å²) < 4.78 is 0. The first-order chi connectivity index (χ1) is 11.0. The Morgan fingerprint density at radius 1 is 0.652 bits per heavy atom. The average molecular weight is 308 g/mol. The molecule has 0 aliphatic carbocycles. The van der Waals surface area contributed by atoms with E-state index in [9.17, 15) is 19.2 Å². The summed E-state index contributed by atoms with van der Waals surface area (Å²) in [6, 6.07) is 10.0. The molecule has 4 heteroatoms. The topological polar surface area (TPSA) is 68.3 Å². The average Bonchev–Trinajstić information content (AvgIpc) is 2.59. The van der Waals surface area contributed by atoms with Gasteiger partial charge in [-0.1, -0.05) is 50.2 Å². The zero-order valence-corrected chi connectivity index (χ0v) is 12.9. The van der Waals surface area contributed by atoms with Crippen molar-refractivity contribution < 1.29 is 19.2 Å². The van der Waals surface area contributed by atoms with E-state index in [0.29, 0.717) is 58.5 Å². The first kappa shape index (κ1) is 16.5. The van der Waals surface area contributed by atoms with Gasteiger partial charge in [0.05, 0.1) is 0 Å². The van der Waals surface area contributed by atoms with E-state index in [4.69, 9.17) is 0 Å². The lowest BCUT2D eigenvalue weighted by atomic mass is 9.73. The fourth-order valence-electron chi connectivity index (χ4n) is 2.87. The quantitative estimate of drug-likeness (QED) is 0.768. The second-order valence-corrected chi connectivity index (χ2v) is 5.71. The smallest absolute Gasteiger partial charge is 0.151 e. The summed E-state index contributed by atoms with van der Waals surface area (Å²) in [6.45, 7) is 3.70. The third-order valence-electron chi connectivity index (χ3n) is 4.12. The van der Waals surface area contributed by atoms with Crippen molar-refractivity contribution in [2.75, 3.05) is 0 Å². The molecule has 23 heavy (non-hydrogen) atoms. The van der Waals surface area contributed by atoms with E-state index in [1.807, 2.05) is 13.8 Å². The minimum absolute atomic E-state index is 0.292. The molecule has 0 bridgehead atoms. The summed E-state index contributed by atoms with van der Waals surface area (Å²) in [4.78, 5) is 45.3. The Morgan fingerprint density at radius 3 is 1.35 bits per heavy atom. The van der Waals surface area contributed by atoms with Crippen LogP contribution in [0.15, 0.2) is 36.4 Å². The van der Waals surface area contributed by atoms with Gasteiger partial charge in [0.1, 0.15) is 0 Å². The van der Waals surface area contributed by atoms with Crippen LogP contribution in [-0.4, -0.2) is 25.1 Å². The predicted octanol–water partition coefficient (Wildman–Crippen LogP) is 3.26. The molecule has 0 spiro atoms. The number of hydrogen-bond acceptors (Lipinski definition) is 4. The summed E-state index contributed by atoms with van der Waals surface area (Å²) in [6.07, 6.45) is 2.55. The van der Waals surface area contributed by atoms with E-state index in [1.54, 1.807) is 36.4 Å². The Labute approximate surface area is 134 Å². The van der Waals surface area contributed by atoms with E-state index in [1.165, 1.54) is 0 Å². The second kappa shape index (κ2) is 6.48. The van der Waals surface area contributed by atoms with Crippen molar-refractivity contribution >= 4 is 25.1 Å². The Bertz CT molecular complexity index is 722. The molecule has 116 valence electrons. The van der Waals surface area contributed by atoms with Gasteiger partial charge in [-0.25, -0.2) is 0 Å². The van der Waals surface area contributed by atoms with Gasteiger partial charge in [0, 0.05) is 27.7 Å². The lowest BCUT2D eigenvalue weighted by Crippen LogP contribution is -2.24. The molecule has 0 heterocycles. The van der Waals surface area contributed by atoms with Crippen LogP contribution in [0.1, 0.15) is 66.4 Å². The van der Waals surface area contributed by atoms with Gasteiger partial charge in [0.2, 0.25) is 0 Å². The number of carbonyl (C=O) groups excluding carboxylic acids is 4. The molecule has 2 aromatic rings.